The van der Waals surface area contributed by atoms with Gasteiger partial charge in [-0.1, -0.05) is 12.1 Å². The lowest BCUT2D eigenvalue weighted by molar-refractivity contribution is 0.237. The number of halogens is 1. The Bertz CT molecular complexity index is 387. The topological polar surface area (TPSA) is 41.1 Å². The Labute approximate surface area is 100 Å². The number of benzene rings is 1. The predicted octanol–water partition coefficient (Wildman–Crippen LogP) is 2.60. The lowest BCUT2D eigenvalue weighted by Gasteiger charge is -2.14. The minimum absolute atomic E-state index is 0.116. The van der Waals surface area contributed by atoms with Gasteiger partial charge in [-0.3, -0.25) is 0 Å². The molecule has 17 heavy (non-hydrogen) atoms. The number of nitrogens with one attached hydrogen (secondary N) is 2. The Morgan fingerprint density at radius 3 is 2.65 bits per heavy atom. The summed E-state index contributed by atoms with van der Waals surface area (Å²) in [5.74, 6) is 0.404. The van der Waals surface area contributed by atoms with Crippen molar-refractivity contribution in [3.8, 4) is 0 Å². The van der Waals surface area contributed by atoms with E-state index in [9.17, 15) is 9.18 Å². The first-order valence-corrected chi connectivity index (χ1v) is 5.95. The van der Waals surface area contributed by atoms with Gasteiger partial charge >= 0.3 is 6.03 Å². The number of hydrogen-bond donors (Lipinski definition) is 2. The van der Waals surface area contributed by atoms with Crippen LogP contribution in [0.2, 0.25) is 0 Å². The molecule has 0 radical (unpaired) electrons. The van der Waals surface area contributed by atoms with Gasteiger partial charge in [0.1, 0.15) is 5.82 Å². The smallest absolute Gasteiger partial charge is 0.315 e. The van der Waals surface area contributed by atoms with Crippen LogP contribution in [0.4, 0.5) is 9.18 Å². The van der Waals surface area contributed by atoms with E-state index >= 15 is 0 Å². The van der Waals surface area contributed by atoms with E-state index in [-0.39, 0.29) is 17.9 Å². The van der Waals surface area contributed by atoms with Gasteiger partial charge < -0.3 is 10.6 Å². The average molecular weight is 236 g/mol. The molecule has 0 bridgehead atoms. The third-order valence-electron chi connectivity index (χ3n) is 2.97. The minimum atomic E-state index is -0.265. The Morgan fingerprint density at radius 2 is 2.06 bits per heavy atom. The van der Waals surface area contributed by atoms with Gasteiger partial charge in [-0.15, -0.1) is 0 Å². The second-order valence-electron chi connectivity index (χ2n) is 4.57. The van der Waals surface area contributed by atoms with Gasteiger partial charge in [-0.05, 0) is 43.4 Å². The summed E-state index contributed by atoms with van der Waals surface area (Å²) in [6.45, 7) is 2.63. The zero-order valence-corrected chi connectivity index (χ0v) is 9.87. The molecule has 1 saturated carbocycles. The van der Waals surface area contributed by atoms with Crippen LogP contribution in [-0.4, -0.2) is 12.6 Å². The Hall–Kier alpha value is -1.58. The highest BCUT2D eigenvalue weighted by Crippen LogP contribution is 2.27. The number of hydrogen-bond acceptors (Lipinski definition) is 1. The first-order chi connectivity index (χ1) is 8.15. The summed E-state index contributed by atoms with van der Waals surface area (Å²) in [5, 5.41) is 5.66. The van der Waals surface area contributed by atoms with Gasteiger partial charge in [0.2, 0.25) is 0 Å². The van der Waals surface area contributed by atoms with E-state index in [1.54, 1.807) is 12.1 Å². The number of rotatable bonds is 4. The molecule has 3 nitrogen and oxygen atoms in total. The molecule has 1 aromatic rings. The monoisotopic (exact) mass is 236 g/mol. The molecule has 2 amide bonds. The molecule has 1 aromatic carbocycles. The minimum Gasteiger partial charge on any atom is -0.338 e. The summed E-state index contributed by atoms with van der Waals surface area (Å²) < 4.78 is 12.7. The fourth-order valence-corrected chi connectivity index (χ4v) is 1.64. The zero-order valence-electron chi connectivity index (χ0n) is 9.87. The molecule has 2 N–H and O–H groups in total. The van der Waals surface area contributed by atoms with E-state index in [4.69, 9.17) is 0 Å². The van der Waals surface area contributed by atoms with E-state index in [1.165, 1.54) is 25.0 Å². The largest absolute Gasteiger partial charge is 0.338 e. The second kappa shape index (κ2) is 5.17. The van der Waals surface area contributed by atoms with Crippen LogP contribution in [0.15, 0.2) is 24.3 Å². The van der Waals surface area contributed by atoms with Crippen molar-refractivity contribution in [3.63, 3.8) is 0 Å². The van der Waals surface area contributed by atoms with Gasteiger partial charge in [0.15, 0.2) is 0 Å². The van der Waals surface area contributed by atoms with Crippen LogP contribution in [0.5, 0.6) is 0 Å². The summed E-state index contributed by atoms with van der Waals surface area (Å²) in [5.41, 5.74) is 0.896. The van der Waals surface area contributed by atoms with Crippen molar-refractivity contribution >= 4 is 6.03 Å². The molecule has 0 aliphatic heterocycles. The summed E-state index contributed by atoms with van der Waals surface area (Å²) in [6, 6.07) is 5.89. The highest BCUT2D eigenvalue weighted by Gasteiger charge is 2.21. The van der Waals surface area contributed by atoms with Crippen molar-refractivity contribution in [2.24, 2.45) is 5.92 Å². The molecule has 1 unspecified atom stereocenters. The quantitative estimate of drug-likeness (QED) is 0.829. The first kappa shape index (κ1) is 11.9. The van der Waals surface area contributed by atoms with Crippen LogP contribution in [0, 0.1) is 11.7 Å². The summed E-state index contributed by atoms with van der Waals surface area (Å²) in [4.78, 5) is 11.5. The molecular formula is C13H17FN2O. The normalized spacial score (nSPS) is 16.4. The predicted molar refractivity (Wildman–Crippen MR) is 64.1 cm³/mol. The van der Waals surface area contributed by atoms with E-state index in [1.807, 2.05) is 6.92 Å². The van der Waals surface area contributed by atoms with Crippen LogP contribution in [0.25, 0.3) is 0 Å². The van der Waals surface area contributed by atoms with Crippen LogP contribution < -0.4 is 10.6 Å². The number of urea groups is 1. The maximum Gasteiger partial charge on any atom is 0.315 e. The van der Waals surface area contributed by atoms with Crippen LogP contribution in [-0.2, 0) is 0 Å². The molecule has 0 aromatic heterocycles. The van der Waals surface area contributed by atoms with Crippen LogP contribution >= 0.6 is 0 Å². The molecule has 0 spiro atoms. The molecule has 2 rings (SSSR count). The van der Waals surface area contributed by atoms with E-state index in [0.29, 0.717) is 5.92 Å². The van der Waals surface area contributed by atoms with Gasteiger partial charge in [0.05, 0.1) is 6.04 Å². The van der Waals surface area contributed by atoms with E-state index in [2.05, 4.69) is 10.6 Å². The molecular weight excluding hydrogens is 219 g/mol. The molecule has 0 saturated heterocycles. The Balaban J connectivity index is 1.80. The molecule has 92 valence electrons. The molecule has 1 fully saturated rings. The SMILES string of the molecule is CC(NC(=O)NCC1CC1)c1ccc(F)cc1. The van der Waals surface area contributed by atoms with Crippen molar-refractivity contribution < 1.29 is 9.18 Å². The fraction of sp³-hybridized carbons (Fsp3) is 0.462. The third kappa shape index (κ3) is 3.73. The number of carbonyl (C=O) groups is 1. The third-order valence-corrected chi connectivity index (χ3v) is 2.97. The van der Waals surface area contributed by atoms with Crippen molar-refractivity contribution in [1.82, 2.24) is 10.6 Å². The molecule has 0 heterocycles. The molecule has 1 aliphatic rings. The van der Waals surface area contributed by atoms with E-state index < -0.39 is 0 Å². The molecule has 1 aliphatic carbocycles. The van der Waals surface area contributed by atoms with Crippen molar-refractivity contribution in [2.45, 2.75) is 25.8 Å². The number of carbonyl (C=O) groups excluding carboxylic acids is 1. The summed E-state index contributed by atoms with van der Waals surface area (Å²) in [7, 11) is 0. The van der Waals surface area contributed by atoms with Crippen molar-refractivity contribution in [1.29, 1.82) is 0 Å². The van der Waals surface area contributed by atoms with Crippen molar-refractivity contribution in [3.05, 3.63) is 35.6 Å². The lowest BCUT2D eigenvalue weighted by Crippen LogP contribution is -2.38. The first-order valence-electron chi connectivity index (χ1n) is 5.95. The van der Waals surface area contributed by atoms with Crippen LogP contribution in [0.1, 0.15) is 31.4 Å². The zero-order chi connectivity index (χ0) is 12.3. The van der Waals surface area contributed by atoms with Gasteiger partial charge in [-0.25, -0.2) is 9.18 Å². The average Bonchev–Trinajstić information content (AvgIpc) is 3.11. The van der Waals surface area contributed by atoms with Gasteiger partial charge in [0, 0.05) is 6.54 Å². The maximum atomic E-state index is 12.7. The number of amides is 2. The highest BCUT2D eigenvalue weighted by molar-refractivity contribution is 5.74. The Morgan fingerprint density at radius 1 is 1.41 bits per heavy atom. The van der Waals surface area contributed by atoms with Crippen molar-refractivity contribution in [2.75, 3.05) is 6.54 Å². The maximum absolute atomic E-state index is 12.7. The lowest BCUT2D eigenvalue weighted by atomic mass is 10.1. The van der Waals surface area contributed by atoms with E-state index in [0.717, 1.165) is 12.1 Å². The highest BCUT2D eigenvalue weighted by atomic mass is 19.1. The Kier molecular flexibility index (Phi) is 3.61. The fourth-order valence-electron chi connectivity index (χ4n) is 1.64. The second-order valence-corrected chi connectivity index (χ2v) is 4.57. The standard InChI is InChI=1S/C13H17FN2O/c1-9(11-4-6-12(14)7-5-11)16-13(17)15-8-10-2-3-10/h4-7,9-10H,2-3,8H2,1H3,(H2,15,16,17). The van der Waals surface area contributed by atoms with Gasteiger partial charge in [-0.2, -0.15) is 0 Å². The summed E-state index contributed by atoms with van der Waals surface area (Å²) >= 11 is 0. The molecule has 4 heteroatoms. The van der Waals surface area contributed by atoms with Crippen LogP contribution in [0.3, 0.4) is 0 Å². The molecule has 1 atom stereocenters. The summed E-state index contributed by atoms with van der Waals surface area (Å²) in [6.07, 6.45) is 2.43. The van der Waals surface area contributed by atoms with Gasteiger partial charge in [0.25, 0.3) is 0 Å².